The lowest BCUT2D eigenvalue weighted by Crippen LogP contribution is -2.50. The average Bonchev–Trinajstić information content (AvgIpc) is 3.47. The van der Waals surface area contributed by atoms with Gasteiger partial charge >= 0.3 is 5.91 Å². The highest BCUT2D eigenvalue weighted by Gasteiger charge is 2.49. The number of aryl methyl sites for hydroxylation is 1. The van der Waals surface area contributed by atoms with Crippen LogP contribution >= 0.6 is 0 Å². The van der Waals surface area contributed by atoms with Crippen molar-refractivity contribution in [1.82, 2.24) is 24.5 Å². The number of nitrogens with zero attached hydrogens (tertiary/aromatic N) is 5. The Labute approximate surface area is 221 Å². The standard InChI is InChI=1S/C28H32FN7O2/c1-18-10-19(2)16-35(15-18)8-7-31-28(38)21-4-5-23(29)24(11-21)36-9-6-20(22-13-33-34(3)17-22)12-26(36)32-14-25(36)27(30)37/h4-6,9,11-14,17-19H,7-8,10,15-16H2,1-3H3,(H2-,30,31,37,38)/p+1. The summed E-state index contributed by atoms with van der Waals surface area (Å²) in [5.41, 5.74) is 7.84. The van der Waals surface area contributed by atoms with Crippen LogP contribution in [0.25, 0.3) is 5.57 Å². The fraction of sp³-hybridized carbons (Fsp3) is 0.357. The summed E-state index contributed by atoms with van der Waals surface area (Å²) in [7, 11) is 1.82. The largest absolute Gasteiger partial charge is 0.361 e. The van der Waals surface area contributed by atoms with Crippen LogP contribution in [0.5, 0.6) is 0 Å². The Bertz CT molecular complexity index is 1400. The molecule has 1 aromatic heterocycles. The van der Waals surface area contributed by atoms with Crippen LogP contribution in [0.2, 0.25) is 0 Å². The molecule has 3 aliphatic rings. The third-order valence-corrected chi connectivity index (χ3v) is 7.36. The first kappa shape index (κ1) is 25.7. The third-order valence-electron chi connectivity index (χ3n) is 7.36. The lowest BCUT2D eigenvalue weighted by atomic mass is 9.92. The van der Waals surface area contributed by atoms with Crippen LogP contribution in [0.3, 0.4) is 0 Å². The summed E-state index contributed by atoms with van der Waals surface area (Å²) >= 11 is 0. The normalized spacial score (nSPS) is 24.9. The number of amides is 2. The van der Waals surface area contributed by atoms with Crippen LogP contribution < -0.4 is 15.5 Å². The SMILES string of the molecule is CC1CC(C)CN(CCNC(=O)c2ccc(F)c([N+]34C=CC(c5cnn(C)c5)=CC3=NC=C4C(N)=O)c2)C1. The second kappa shape index (κ2) is 10.1. The topological polar surface area (TPSA) is 106 Å². The molecule has 3 atom stereocenters. The molecule has 0 spiro atoms. The summed E-state index contributed by atoms with van der Waals surface area (Å²) in [6, 6.07) is 4.16. The first-order valence-corrected chi connectivity index (χ1v) is 12.9. The van der Waals surface area contributed by atoms with E-state index in [0.29, 0.717) is 29.8 Å². The van der Waals surface area contributed by atoms with Crippen LogP contribution in [0.15, 0.2) is 65.8 Å². The Kier molecular flexibility index (Phi) is 6.85. The van der Waals surface area contributed by atoms with Gasteiger partial charge in [-0.25, -0.2) is 4.39 Å². The lowest BCUT2D eigenvalue weighted by Gasteiger charge is -2.34. The smallest absolute Gasteiger partial charge is 0.305 e. The van der Waals surface area contributed by atoms with E-state index in [1.54, 1.807) is 29.2 Å². The Morgan fingerprint density at radius 2 is 2.00 bits per heavy atom. The van der Waals surface area contributed by atoms with Gasteiger partial charge in [-0.2, -0.15) is 14.6 Å². The summed E-state index contributed by atoms with van der Waals surface area (Å²) in [6.45, 7) is 7.79. The number of aromatic nitrogens is 2. The minimum atomic E-state index is -0.731. The number of nitrogens with one attached hydrogen (secondary N) is 1. The molecule has 198 valence electrons. The van der Waals surface area contributed by atoms with E-state index in [1.807, 2.05) is 13.2 Å². The molecule has 10 heteroatoms. The summed E-state index contributed by atoms with van der Waals surface area (Å²) in [5.74, 6) is 0.0464. The molecule has 0 bridgehead atoms. The van der Waals surface area contributed by atoms with E-state index in [2.05, 4.69) is 34.2 Å². The predicted molar refractivity (Wildman–Crippen MR) is 145 cm³/mol. The van der Waals surface area contributed by atoms with E-state index in [9.17, 15) is 9.59 Å². The molecule has 0 aliphatic carbocycles. The highest BCUT2D eigenvalue weighted by Crippen LogP contribution is 2.41. The van der Waals surface area contributed by atoms with Gasteiger partial charge in [0, 0.05) is 68.8 Å². The van der Waals surface area contributed by atoms with Crippen molar-refractivity contribution in [2.45, 2.75) is 20.3 Å². The van der Waals surface area contributed by atoms with Gasteiger partial charge in [0.1, 0.15) is 12.4 Å². The van der Waals surface area contributed by atoms with Gasteiger partial charge in [0.25, 0.3) is 5.91 Å². The number of aliphatic imine (C=N–C) groups is 1. The highest BCUT2D eigenvalue weighted by atomic mass is 19.1. The van der Waals surface area contributed by atoms with E-state index in [-0.39, 0.29) is 17.3 Å². The number of nitrogens with two attached hydrogens (primary N) is 1. The van der Waals surface area contributed by atoms with E-state index < -0.39 is 16.2 Å². The quantitative estimate of drug-likeness (QED) is 0.550. The van der Waals surface area contributed by atoms with Crippen molar-refractivity contribution in [3.63, 3.8) is 0 Å². The van der Waals surface area contributed by atoms with Crippen LogP contribution in [0, 0.1) is 17.7 Å². The molecule has 1 aromatic carbocycles. The van der Waals surface area contributed by atoms with Crippen molar-refractivity contribution in [3.05, 3.63) is 77.8 Å². The van der Waals surface area contributed by atoms with E-state index in [0.717, 1.165) is 30.8 Å². The summed E-state index contributed by atoms with van der Waals surface area (Å²) in [4.78, 5) is 32.3. The number of rotatable bonds is 7. The van der Waals surface area contributed by atoms with Crippen molar-refractivity contribution in [2.24, 2.45) is 29.6 Å². The Morgan fingerprint density at radius 3 is 2.68 bits per heavy atom. The molecule has 4 heterocycles. The van der Waals surface area contributed by atoms with Gasteiger partial charge in [0.05, 0.1) is 6.20 Å². The van der Waals surface area contributed by atoms with Crippen molar-refractivity contribution in [2.75, 3.05) is 26.2 Å². The molecule has 3 N–H and O–H groups in total. The van der Waals surface area contributed by atoms with E-state index in [4.69, 9.17) is 5.73 Å². The first-order valence-electron chi connectivity index (χ1n) is 12.9. The Balaban J connectivity index is 1.40. The lowest BCUT2D eigenvalue weighted by molar-refractivity contribution is -0.115. The van der Waals surface area contributed by atoms with Crippen LogP contribution in [0.1, 0.15) is 36.2 Å². The summed E-state index contributed by atoms with van der Waals surface area (Å²) in [5, 5.41) is 7.17. The summed E-state index contributed by atoms with van der Waals surface area (Å²) in [6.07, 6.45) is 11.4. The number of piperidine rings is 1. The summed E-state index contributed by atoms with van der Waals surface area (Å²) < 4.78 is 16.7. The zero-order valence-corrected chi connectivity index (χ0v) is 21.9. The average molecular weight is 519 g/mol. The number of fused-ring (bicyclic) bond motifs is 1. The van der Waals surface area contributed by atoms with Crippen molar-refractivity contribution in [1.29, 1.82) is 0 Å². The van der Waals surface area contributed by atoms with Crippen LogP contribution in [0.4, 0.5) is 10.1 Å². The number of hydrogen-bond donors (Lipinski definition) is 2. The number of primary amides is 1. The van der Waals surface area contributed by atoms with E-state index >= 15 is 4.39 Å². The molecule has 5 rings (SSSR count). The number of allylic oxidation sites excluding steroid dienone is 2. The van der Waals surface area contributed by atoms with Crippen molar-refractivity contribution >= 4 is 28.9 Å². The number of quaternary nitrogens is 1. The molecular formula is C28H33FN7O2+. The fourth-order valence-electron chi connectivity index (χ4n) is 5.76. The minimum absolute atomic E-state index is 0.0857. The van der Waals surface area contributed by atoms with Gasteiger partial charge in [-0.3, -0.25) is 14.3 Å². The molecule has 3 unspecified atom stereocenters. The van der Waals surface area contributed by atoms with Crippen molar-refractivity contribution < 1.29 is 14.0 Å². The zero-order valence-electron chi connectivity index (χ0n) is 21.9. The molecule has 9 nitrogen and oxygen atoms in total. The molecule has 1 fully saturated rings. The number of benzene rings is 1. The minimum Gasteiger partial charge on any atom is -0.361 e. The predicted octanol–water partition coefficient (Wildman–Crippen LogP) is 2.92. The third kappa shape index (κ3) is 4.72. The Morgan fingerprint density at radius 1 is 1.24 bits per heavy atom. The number of carbonyl (C=O) groups is 2. The van der Waals surface area contributed by atoms with Gasteiger partial charge in [0.15, 0.2) is 11.5 Å². The van der Waals surface area contributed by atoms with Gasteiger partial charge in [-0.15, -0.1) is 0 Å². The molecule has 0 radical (unpaired) electrons. The highest BCUT2D eigenvalue weighted by molar-refractivity contribution is 6.18. The van der Waals surface area contributed by atoms with Crippen LogP contribution in [-0.2, 0) is 11.8 Å². The number of likely N-dealkylation sites (tertiary alicyclic amines) is 1. The maximum atomic E-state index is 15.4. The monoisotopic (exact) mass is 518 g/mol. The number of hydrogen-bond acceptors (Lipinski definition) is 5. The second-order valence-electron chi connectivity index (χ2n) is 10.5. The number of amidine groups is 1. The first-order chi connectivity index (χ1) is 18.2. The van der Waals surface area contributed by atoms with Gasteiger partial charge in [-0.05, 0) is 36.0 Å². The molecule has 3 aliphatic heterocycles. The number of halogens is 1. The van der Waals surface area contributed by atoms with Gasteiger partial charge < -0.3 is 16.0 Å². The maximum Gasteiger partial charge on any atom is 0.305 e. The van der Waals surface area contributed by atoms with E-state index in [1.165, 1.54) is 30.8 Å². The van der Waals surface area contributed by atoms with Crippen molar-refractivity contribution in [3.8, 4) is 0 Å². The molecule has 1 saturated heterocycles. The van der Waals surface area contributed by atoms with Crippen LogP contribution in [-0.4, -0.2) is 58.5 Å². The molecule has 2 amide bonds. The molecule has 2 aromatic rings. The number of carbonyl (C=O) groups excluding carboxylic acids is 2. The maximum absolute atomic E-state index is 15.4. The van der Waals surface area contributed by atoms with Gasteiger partial charge in [0.2, 0.25) is 11.5 Å². The fourth-order valence-corrected chi connectivity index (χ4v) is 5.76. The van der Waals surface area contributed by atoms with Gasteiger partial charge in [-0.1, -0.05) is 13.8 Å². The molecule has 38 heavy (non-hydrogen) atoms. The zero-order chi connectivity index (χ0) is 27.0. The molecule has 0 saturated carbocycles. The second-order valence-corrected chi connectivity index (χ2v) is 10.5. The Hall–Kier alpha value is -3.89. The molecular weight excluding hydrogens is 485 g/mol.